The Morgan fingerprint density at radius 3 is 2.66 bits per heavy atom. The molecule has 2 amide bonds. The number of hydrazone groups is 1. The normalized spacial score (nSPS) is 24.6. The lowest BCUT2D eigenvalue weighted by Gasteiger charge is -2.28. The topological polar surface area (TPSA) is 95.9 Å². The molecule has 0 spiro atoms. The Morgan fingerprint density at radius 2 is 1.93 bits per heavy atom. The number of hydrogen-bond acceptors (Lipinski definition) is 5. The molecule has 1 aliphatic carbocycles. The number of carbonyl (C=O) groups is 2. The maximum absolute atomic E-state index is 12.8. The van der Waals surface area contributed by atoms with Gasteiger partial charge >= 0.3 is 0 Å². The monoisotopic (exact) mass is 417 g/mol. The van der Waals surface area contributed by atoms with Crippen molar-refractivity contribution in [1.82, 2.24) is 10.3 Å². The van der Waals surface area contributed by atoms with Crippen LogP contribution in [0.2, 0.25) is 0 Å². The quantitative estimate of drug-likeness (QED) is 0.809. The van der Waals surface area contributed by atoms with E-state index in [1.54, 1.807) is 0 Å². The summed E-state index contributed by atoms with van der Waals surface area (Å²) in [6.45, 7) is 1.94. The fraction of sp³-hybridized carbons (Fsp3) is 0.571. The predicted octanol–water partition coefficient (Wildman–Crippen LogP) is 1.91. The SMILES string of the molecule is C[C@H](NC(=O)C1=NN([C@@H]2CCS(=O)(=O)C2)C(=O)CC1)c1ccc2c(c1)CCCC2. The van der Waals surface area contributed by atoms with Gasteiger partial charge in [-0.2, -0.15) is 5.10 Å². The van der Waals surface area contributed by atoms with Crippen LogP contribution in [0, 0.1) is 0 Å². The fourth-order valence-electron chi connectivity index (χ4n) is 4.37. The Bertz CT molecular complexity index is 970. The summed E-state index contributed by atoms with van der Waals surface area (Å²) in [7, 11) is -3.13. The lowest BCUT2D eigenvalue weighted by Crippen LogP contribution is -2.44. The van der Waals surface area contributed by atoms with Gasteiger partial charge in [0, 0.05) is 12.8 Å². The molecule has 0 radical (unpaired) electrons. The first-order valence-electron chi connectivity index (χ1n) is 10.3. The van der Waals surface area contributed by atoms with E-state index in [4.69, 9.17) is 0 Å². The maximum atomic E-state index is 12.8. The van der Waals surface area contributed by atoms with Crippen LogP contribution in [0.25, 0.3) is 0 Å². The number of sulfone groups is 1. The molecule has 0 unspecified atom stereocenters. The van der Waals surface area contributed by atoms with Gasteiger partial charge < -0.3 is 5.32 Å². The second-order valence-corrected chi connectivity index (χ2v) is 10.5. The second-order valence-electron chi connectivity index (χ2n) is 8.27. The van der Waals surface area contributed by atoms with Crippen LogP contribution in [-0.4, -0.2) is 48.5 Å². The van der Waals surface area contributed by atoms with Crippen molar-refractivity contribution in [3.63, 3.8) is 0 Å². The minimum atomic E-state index is -3.13. The molecular formula is C21H27N3O4S. The smallest absolute Gasteiger partial charge is 0.267 e. The molecule has 0 bridgehead atoms. The van der Waals surface area contributed by atoms with Gasteiger partial charge in [0.1, 0.15) is 5.71 Å². The van der Waals surface area contributed by atoms with Crippen molar-refractivity contribution in [2.24, 2.45) is 5.10 Å². The van der Waals surface area contributed by atoms with Crippen molar-refractivity contribution in [3.05, 3.63) is 34.9 Å². The van der Waals surface area contributed by atoms with Crippen LogP contribution in [0.5, 0.6) is 0 Å². The van der Waals surface area contributed by atoms with E-state index < -0.39 is 15.9 Å². The predicted molar refractivity (Wildman–Crippen MR) is 110 cm³/mol. The Kier molecular flexibility index (Phi) is 5.46. The highest BCUT2D eigenvalue weighted by atomic mass is 32.2. The second kappa shape index (κ2) is 7.89. The average Bonchev–Trinajstić information content (AvgIpc) is 3.07. The van der Waals surface area contributed by atoms with Gasteiger partial charge in [-0.15, -0.1) is 0 Å². The number of hydrogen-bond donors (Lipinski definition) is 1. The molecule has 1 N–H and O–H groups in total. The van der Waals surface area contributed by atoms with Crippen molar-refractivity contribution in [3.8, 4) is 0 Å². The van der Waals surface area contributed by atoms with Gasteiger partial charge in [0.15, 0.2) is 9.84 Å². The van der Waals surface area contributed by atoms with Crippen LogP contribution >= 0.6 is 0 Å². The van der Waals surface area contributed by atoms with Gasteiger partial charge in [0.2, 0.25) is 5.91 Å². The molecule has 3 aliphatic rings. The van der Waals surface area contributed by atoms with E-state index >= 15 is 0 Å². The van der Waals surface area contributed by atoms with E-state index in [1.165, 1.54) is 29.0 Å². The molecule has 2 heterocycles. The minimum absolute atomic E-state index is 0.0634. The van der Waals surface area contributed by atoms with Crippen molar-refractivity contribution in [2.75, 3.05) is 11.5 Å². The molecule has 2 atom stereocenters. The molecule has 7 nitrogen and oxygen atoms in total. The highest BCUT2D eigenvalue weighted by molar-refractivity contribution is 7.91. The molecular weight excluding hydrogens is 390 g/mol. The first-order chi connectivity index (χ1) is 13.8. The molecule has 1 saturated heterocycles. The Labute approximate surface area is 171 Å². The van der Waals surface area contributed by atoms with Gasteiger partial charge in [-0.05, 0) is 55.7 Å². The largest absolute Gasteiger partial charge is 0.344 e. The Morgan fingerprint density at radius 1 is 1.17 bits per heavy atom. The van der Waals surface area contributed by atoms with Crippen LogP contribution < -0.4 is 5.32 Å². The van der Waals surface area contributed by atoms with Gasteiger partial charge in [-0.25, -0.2) is 13.4 Å². The third kappa shape index (κ3) is 4.37. The molecule has 156 valence electrons. The first kappa shape index (κ1) is 20.1. The van der Waals surface area contributed by atoms with Crippen molar-refractivity contribution < 1.29 is 18.0 Å². The summed E-state index contributed by atoms with van der Waals surface area (Å²) in [5.74, 6) is -0.531. The van der Waals surface area contributed by atoms with E-state index in [0.717, 1.165) is 18.4 Å². The number of carbonyl (C=O) groups excluding carboxylic acids is 2. The number of aryl methyl sites for hydroxylation is 2. The van der Waals surface area contributed by atoms with Crippen LogP contribution in [0.1, 0.15) is 61.8 Å². The molecule has 2 aliphatic heterocycles. The Hall–Kier alpha value is -2.22. The summed E-state index contributed by atoms with van der Waals surface area (Å²) < 4.78 is 23.5. The van der Waals surface area contributed by atoms with Crippen LogP contribution in [0.15, 0.2) is 23.3 Å². The molecule has 1 aromatic rings. The molecule has 1 fully saturated rings. The van der Waals surface area contributed by atoms with Gasteiger partial charge in [0.25, 0.3) is 5.91 Å². The van der Waals surface area contributed by atoms with E-state index in [-0.39, 0.29) is 42.2 Å². The van der Waals surface area contributed by atoms with Crippen molar-refractivity contribution in [2.45, 2.75) is 64.0 Å². The fourth-order valence-corrected chi connectivity index (χ4v) is 6.07. The summed E-state index contributed by atoms with van der Waals surface area (Å²) in [6.07, 6.45) is 5.46. The van der Waals surface area contributed by atoms with E-state index in [2.05, 4.69) is 28.6 Å². The van der Waals surface area contributed by atoms with Crippen molar-refractivity contribution >= 4 is 27.4 Å². The maximum Gasteiger partial charge on any atom is 0.267 e. The van der Waals surface area contributed by atoms with E-state index in [9.17, 15) is 18.0 Å². The molecule has 29 heavy (non-hydrogen) atoms. The van der Waals surface area contributed by atoms with Crippen LogP contribution in [0.3, 0.4) is 0 Å². The van der Waals surface area contributed by atoms with E-state index in [1.807, 2.05) is 6.92 Å². The summed E-state index contributed by atoms with van der Waals surface area (Å²) in [5, 5.41) is 8.47. The standard InChI is InChI=1S/C21H27N3O4S/c1-14(16-7-6-15-4-2-3-5-17(15)12-16)22-21(26)19-8-9-20(25)24(23-19)18-10-11-29(27,28)13-18/h6-7,12,14,18H,2-5,8-11,13H2,1H3,(H,22,26)/t14-,18+/m0/s1. The van der Waals surface area contributed by atoms with E-state index in [0.29, 0.717) is 12.1 Å². The van der Waals surface area contributed by atoms with Crippen LogP contribution in [-0.2, 0) is 32.3 Å². The third-order valence-corrected chi connectivity index (χ3v) is 7.85. The third-order valence-electron chi connectivity index (χ3n) is 6.10. The highest BCUT2D eigenvalue weighted by Gasteiger charge is 2.37. The molecule has 1 aromatic carbocycles. The number of amides is 2. The molecule has 0 aromatic heterocycles. The lowest BCUT2D eigenvalue weighted by atomic mass is 9.89. The summed E-state index contributed by atoms with van der Waals surface area (Å²) in [6, 6.07) is 5.77. The number of benzene rings is 1. The number of nitrogens with one attached hydrogen (secondary N) is 1. The zero-order valence-corrected chi connectivity index (χ0v) is 17.5. The Balaban J connectivity index is 1.46. The van der Waals surface area contributed by atoms with Gasteiger partial charge in [-0.3, -0.25) is 9.59 Å². The number of rotatable bonds is 4. The van der Waals surface area contributed by atoms with Gasteiger partial charge in [-0.1, -0.05) is 18.2 Å². The molecule has 8 heteroatoms. The highest BCUT2D eigenvalue weighted by Crippen LogP contribution is 2.25. The summed E-state index contributed by atoms with van der Waals surface area (Å²) >= 11 is 0. The minimum Gasteiger partial charge on any atom is -0.344 e. The first-order valence-corrected chi connectivity index (χ1v) is 12.2. The average molecular weight is 418 g/mol. The zero-order valence-electron chi connectivity index (χ0n) is 16.7. The number of nitrogens with zero attached hydrogens (tertiary/aromatic N) is 2. The van der Waals surface area contributed by atoms with Crippen molar-refractivity contribution in [1.29, 1.82) is 0 Å². The zero-order chi connectivity index (χ0) is 20.6. The number of fused-ring (bicyclic) bond motifs is 1. The summed E-state index contributed by atoms with van der Waals surface area (Å²) in [5.41, 5.74) is 4.11. The summed E-state index contributed by atoms with van der Waals surface area (Å²) in [4.78, 5) is 25.0. The molecule has 0 saturated carbocycles. The van der Waals surface area contributed by atoms with Gasteiger partial charge in [0.05, 0.1) is 23.6 Å². The molecule has 4 rings (SSSR count). The van der Waals surface area contributed by atoms with Crippen LogP contribution in [0.4, 0.5) is 0 Å². The lowest BCUT2D eigenvalue weighted by molar-refractivity contribution is -0.133.